The van der Waals surface area contributed by atoms with Crippen molar-refractivity contribution in [3.05, 3.63) is 62.5 Å². The van der Waals surface area contributed by atoms with E-state index in [4.69, 9.17) is 0 Å². The lowest BCUT2D eigenvalue weighted by Crippen LogP contribution is -2.14. The lowest BCUT2D eigenvalue weighted by molar-refractivity contribution is 0.595. The van der Waals surface area contributed by atoms with E-state index in [-0.39, 0.29) is 0 Å². The van der Waals surface area contributed by atoms with Gasteiger partial charge < -0.3 is 4.98 Å². The van der Waals surface area contributed by atoms with Crippen molar-refractivity contribution in [2.45, 2.75) is 6.42 Å². The number of hydrogen-bond donors (Lipinski definition) is 1. The molecule has 82 valence electrons. The summed E-state index contributed by atoms with van der Waals surface area (Å²) in [6.07, 6.45) is 1.41. The standard InChI is InChI=1S/C11H8BrFN2O/c12-8-3-1-7(2-4-8)5-10-14-6-9(13)11(16)15-10/h1-4,6H,5H2,(H,14,15,16). The minimum Gasteiger partial charge on any atom is -0.308 e. The van der Waals surface area contributed by atoms with Crippen LogP contribution < -0.4 is 5.56 Å². The number of aromatic nitrogens is 2. The number of H-pyrrole nitrogens is 1. The molecule has 0 fully saturated rings. The summed E-state index contributed by atoms with van der Waals surface area (Å²) < 4.78 is 13.7. The van der Waals surface area contributed by atoms with Crippen molar-refractivity contribution < 1.29 is 4.39 Å². The largest absolute Gasteiger partial charge is 0.308 e. The summed E-state index contributed by atoms with van der Waals surface area (Å²) in [6.45, 7) is 0. The van der Waals surface area contributed by atoms with Gasteiger partial charge in [-0.15, -0.1) is 0 Å². The van der Waals surface area contributed by atoms with Gasteiger partial charge in [0.1, 0.15) is 5.82 Å². The average molecular weight is 283 g/mol. The van der Waals surface area contributed by atoms with Gasteiger partial charge in [0, 0.05) is 10.9 Å². The molecule has 0 saturated heterocycles. The van der Waals surface area contributed by atoms with Crippen LogP contribution in [0.4, 0.5) is 4.39 Å². The third-order valence-corrected chi connectivity index (χ3v) is 2.62. The molecule has 0 aliphatic carbocycles. The summed E-state index contributed by atoms with van der Waals surface area (Å²) in [5, 5.41) is 0. The Kier molecular flexibility index (Phi) is 3.14. The second-order valence-electron chi connectivity index (χ2n) is 3.31. The highest BCUT2D eigenvalue weighted by Crippen LogP contribution is 2.12. The third-order valence-electron chi connectivity index (χ3n) is 2.09. The maximum Gasteiger partial charge on any atom is 0.286 e. The Labute approximate surface area is 99.5 Å². The van der Waals surface area contributed by atoms with Crippen LogP contribution >= 0.6 is 15.9 Å². The van der Waals surface area contributed by atoms with E-state index < -0.39 is 11.4 Å². The molecule has 0 spiro atoms. The second kappa shape index (κ2) is 4.57. The van der Waals surface area contributed by atoms with Crippen LogP contribution in [-0.4, -0.2) is 9.97 Å². The first-order valence-corrected chi connectivity index (χ1v) is 5.42. The molecule has 5 heteroatoms. The van der Waals surface area contributed by atoms with Gasteiger partial charge in [-0.2, -0.15) is 4.39 Å². The Bertz CT molecular complexity index is 551. The van der Waals surface area contributed by atoms with Crippen LogP contribution in [0, 0.1) is 5.82 Å². The van der Waals surface area contributed by atoms with E-state index in [0.717, 1.165) is 16.2 Å². The number of nitrogens with one attached hydrogen (secondary N) is 1. The average Bonchev–Trinajstić information content (AvgIpc) is 2.27. The fourth-order valence-electron chi connectivity index (χ4n) is 1.30. The predicted octanol–water partition coefficient (Wildman–Crippen LogP) is 2.26. The van der Waals surface area contributed by atoms with Crippen molar-refractivity contribution in [1.29, 1.82) is 0 Å². The zero-order valence-electron chi connectivity index (χ0n) is 8.21. The number of rotatable bonds is 2. The molecule has 2 rings (SSSR count). The molecule has 16 heavy (non-hydrogen) atoms. The Balaban J connectivity index is 2.24. The van der Waals surface area contributed by atoms with E-state index in [0.29, 0.717) is 12.2 Å². The van der Waals surface area contributed by atoms with Gasteiger partial charge in [0.05, 0.1) is 6.20 Å². The number of hydrogen-bond acceptors (Lipinski definition) is 2. The molecule has 0 bridgehead atoms. The van der Waals surface area contributed by atoms with Crippen LogP contribution in [0.3, 0.4) is 0 Å². The molecule has 0 saturated carbocycles. The maximum absolute atomic E-state index is 12.7. The molecule has 2 aromatic rings. The monoisotopic (exact) mass is 282 g/mol. The van der Waals surface area contributed by atoms with Crippen molar-refractivity contribution in [1.82, 2.24) is 9.97 Å². The van der Waals surface area contributed by atoms with Gasteiger partial charge in [-0.05, 0) is 17.7 Å². The number of nitrogens with zero attached hydrogens (tertiary/aromatic N) is 1. The van der Waals surface area contributed by atoms with Crippen molar-refractivity contribution in [2.24, 2.45) is 0 Å². The van der Waals surface area contributed by atoms with Gasteiger partial charge in [0.2, 0.25) is 5.82 Å². The van der Waals surface area contributed by atoms with Crippen LogP contribution in [0.2, 0.25) is 0 Å². The molecular weight excluding hydrogens is 275 g/mol. The van der Waals surface area contributed by atoms with E-state index in [1.807, 2.05) is 24.3 Å². The quantitative estimate of drug-likeness (QED) is 0.919. The Morgan fingerprint density at radius 3 is 2.62 bits per heavy atom. The van der Waals surface area contributed by atoms with E-state index in [9.17, 15) is 9.18 Å². The first-order valence-electron chi connectivity index (χ1n) is 4.63. The molecule has 1 N–H and O–H groups in total. The minimum absolute atomic E-state index is 0.453. The molecule has 0 unspecified atom stereocenters. The molecule has 0 radical (unpaired) electrons. The van der Waals surface area contributed by atoms with E-state index in [2.05, 4.69) is 25.9 Å². The van der Waals surface area contributed by atoms with E-state index in [1.165, 1.54) is 0 Å². The van der Waals surface area contributed by atoms with Crippen molar-refractivity contribution in [3.63, 3.8) is 0 Å². The molecule has 1 aromatic carbocycles. The molecule has 1 heterocycles. The maximum atomic E-state index is 12.7. The Morgan fingerprint density at radius 1 is 1.31 bits per heavy atom. The normalized spacial score (nSPS) is 10.4. The SMILES string of the molecule is O=c1[nH]c(Cc2ccc(Br)cc2)ncc1F. The predicted molar refractivity (Wildman–Crippen MR) is 61.8 cm³/mol. The molecule has 0 atom stereocenters. The zero-order valence-corrected chi connectivity index (χ0v) is 9.79. The van der Waals surface area contributed by atoms with Crippen LogP contribution in [0.25, 0.3) is 0 Å². The zero-order chi connectivity index (χ0) is 11.5. The smallest absolute Gasteiger partial charge is 0.286 e. The van der Waals surface area contributed by atoms with Gasteiger partial charge in [-0.1, -0.05) is 28.1 Å². The van der Waals surface area contributed by atoms with Gasteiger partial charge in [0.15, 0.2) is 0 Å². The molecule has 3 nitrogen and oxygen atoms in total. The molecule has 0 aliphatic rings. The van der Waals surface area contributed by atoms with Crippen molar-refractivity contribution in [2.75, 3.05) is 0 Å². The fraction of sp³-hybridized carbons (Fsp3) is 0.0909. The van der Waals surface area contributed by atoms with Crippen LogP contribution in [0.15, 0.2) is 39.7 Å². The lowest BCUT2D eigenvalue weighted by atomic mass is 10.1. The highest BCUT2D eigenvalue weighted by molar-refractivity contribution is 9.10. The highest BCUT2D eigenvalue weighted by atomic mass is 79.9. The molecule has 1 aromatic heterocycles. The van der Waals surface area contributed by atoms with Crippen LogP contribution in [0.1, 0.15) is 11.4 Å². The Morgan fingerprint density at radius 2 is 2.00 bits per heavy atom. The summed E-state index contributed by atoms with van der Waals surface area (Å²) in [4.78, 5) is 17.2. The van der Waals surface area contributed by atoms with E-state index >= 15 is 0 Å². The summed E-state index contributed by atoms with van der Waals surface area (Å²) in [5.41, 5.74) is 0.264. The summed E-state index contributed by atoms with van der Waals surface area (Å²) >= 11 is 3.33. The first kappa shape index (κ1) is 11.0. The fourth-order valence-corrected chi connectivity index (χ4v) is 1.57. The van der Waals surface area contributed by atoms with Gasteiger partial charge in [-0.25, -0.2) is 4.98 Å². The second-order valence-corrected chi connectivity index (χ2v) is 4.23. The molecule has 0 amide bonds. The minimum atomic E-state index is -0.862. The van der Waals surface area contributed by atoms with E-state index in [1.54, 1.807) is 0 Å². The lowest BCUT2D eigenvalue weighted by Gasteiger charge is -2.01. The molecular formula is C11H8BrFN2O. The number of benzene rings is 1. The summed E-state index contributed by atoms with van der Waals surface area (Å²) in [5.74, 6) is -0.409. The van der Waals surface area contributed by atoms with Crippen molar-refractivity contribution in [3.8, 4) is 0 Å². The third kappa shape index (κ3) is 2.55. The van der Waals surface area contributed by atoms with Crippen LogP contribution in [-0.2, 0) is 6.42 Å². The topological polar surface area (TPSA) is 45.8 Å². The Hall–Kier alpha value is -1.49. The van der Waals surface area contributed by atoms with Gasteiger partial charge in [0.25, 0.3) is 5.56 Å². The van der Waals surface area contributed by atoms with Gasteiger partial charge in [-0.3, -0.25) is 4.79 Å². The first-order chi connectivity index (χ1) is 7.65. The van der Waals surface area contributed by atoms with Crippen molar-refractivity contribution >= 4 is 15.9 Å². The van der Waals surface area contributed by atoms with Crippen LogP contribution in [0.5, 0.6) is 0 Å². The highest BCUT2D eigenvalue weighted by Gasteiger charge is 2.02. The summed E-state index contributed by atoms with van der Waals surface area (Å²) in [6, 6.07) is 7.62. The van der Waals surface area contributed by atoms with Gasteiger partial charge >= 0.3 is 0 Å². The number of aromatic amines is 1. The number of halogens is 2. The summed E-state index contributed by atoms with van der Waals surface area (Å²) in [7, 11) is 0. The molecule has 0 aliphatic heterocycles.